The van der Waals surface area contributed by atoms with E-state index in [0.29, 0.717) is 17.3 Å². The number of carboxylic acids is 1. The van der Waals surface area contributed by atoms with Gasteiger partial charge in [0.05, 0.1) is 26.4 Å². The monoisotopic (exact) mass is 467 g/mol. The van der Waals surface area contributed by atoms with Crippen molar-refractivity contribution in [3.8, 4) is 0 Å². The molecule has 1 aromatic carbocycles. The molecular formula is C22H28ClN2O7+. The zero-order chi connectivity index (χ0) is 23.5. The van der Waals surface area contributed by atoms with Crippen LogP contribution in [0.2, 0.25) is 5.02 Å². The molecule has 1 aliphatic rings. The van der Waals surface area contributed by atoms with Crippen LogP contribution < -0.4 is 0 Å². The number of likely N-dealkylation sites (N-methyl/N-ethyl adjacent to an activating group) is 1. The van der Waals surface area contributed by atoms with Crippen molar-refractivity contribution < 1.29 is 39.2 Å². The van der Waals surface area contributed by atoms with Crippen molar-refractivity contribution in [2.45, 2.75) is 36.7 Å². The number of halogens is 1. The molecular weight excluding hydrogens is 440 g/mol. The van der Waals surface area contributed by atoms with Gasteiger partial charge < -0.3 is 29.9 Å². The quantitative estimate of drug-likeness (QED) is 0.420. The summed E-state index contributed by atoms with van der Waals surface area (Å²) in [6.45, 7) is 0.521. The Morgan fingerprint density at radius 1 is 1.12 bits per heavy atom. The van der Waals surface area contributed by atoms with Crippen molar-refractivity contribution in [1.82, 2.24) is 4.98 Å². The van der Waals surface area contributed by atoms with Gasteiger partial charge in [0, 0.05) is 11.2 Å². The number of benzene rings is 1. The normalized spacial score (nSPS) is 27.1. The predicted octanol–water partition coefficient (Wildman–Crippen LogP) is 0.810. The molecule has 0 aliphatic carbocycles. The van der Waals surface area contributed by atoms with Crippen LogP contribution in [0.4, 0.5) is 0 Å². The number of quaternary nitrogens is 1. The maximum atomic E-state index is 11.4. The molecule has 0 radical (unpaired) electrons. The van der Waals surface area contributed by atoms with Gasteiger partial charge in [0.1, 0.15) is 24.9 Å². The van der Waals surface area contributed by atoms with Crippen molar-refractivity contribution in [3.63, 3.8) is 0 Å². The minimum Gasteiger partial charge on any atom is -0.479 e. The van der Waals surface area contributed by atoms with Crippen molar-refractivity contribution in [2.24, 2.45) is 0 Å². The van der Waals surface area contributed by atoms with E-state index in [9.17, 15) is 25.2 Å². The number of aliphatic hydroxyl groups excluding tert-OH is 3. The van der Waals surface area contributed by atoms with E-state index in [0.717, 1.165) is 5.56 Å². The first kappa shape index (κ1) is 24.5. The van der Waals surface area contributed by atoms with Crippen molar-refractivity contribution in [3.05, 3.63) is 64.9 Å². The average Bonchev–Trinajstić information content (AvgIpc) is 2.76. The Hall–Kier alpha value is -2.11. The van der Waals surface area contributed by atoms with Gasteiger partial charge in [-0.15, -0.1) is 0 Å². The summed E-state index contributed by atoms with van der Waals surface area (Å²) in [5.41, 5.74) is 1.57. The fourth-order valence-corrected chi connectivity index (χ4v) is 3.82. The molecule has 0 spiro atoms. The molecule has 32 heavy (non-hydrogen) atoms. The van der Waals surface area contributed by atoms with Crippen LogP contribution in [0.15, 0.2) is 48.7 Å². The molecule has 1 fully saturated rings. The van der Waals surface area contributed by atoms with Gasteiger partial charge in [-0.3, -0.25) is 9.47 Å². The number of carboxylic acid groups (broad SMARTS) is 1. The molecule has 4 unspecified atom stereocenters. The highest BCUT2D eigenvalue weighted by atomic mass is 35.5. The molecule has 10 heteroatoms. The molecule has 1 aromatic heterocycles. The maximum Gasteiger partial charge on any atom is 0.335 e. The Morgan fingerprint density at radius 2 is 1.81 bits per heavy atom. The summed E-state index contributed by atoms with van der Waals surface area (Å²) in [6.07, 6.45) is -6.37. The van der Waals surface area contributed by atoms with Crippen LogP contribution in [0.1, 0.15) is 17.4 Å². The van der Waals surface area contributed by atoms with Crippen molar-refractivity contribution >= 4 is 17.6 Å². The minimum absolute atomic E-state index is 0.00964. The van der Waals surface area contributed by atoms with Gasteiger partial charge in [-0.25, -0.2) is 4.79 Å². The molecule has 6 atom stereocenters. The summed E-state index contributed by atoms with van der Waals surface area (Å²) >= 11 is 6.01. The number of pyridine rings is 1. The van der Waals surface area contributed by atoms with Crippen LogP contribution in [-0.2, 0) is 14.3 Å². The predicted molar refractivity (Wildman–Crippen MR) is 115 cm³/mol. The van der Waals surface area contributed by atoms with Gasteiger partial charge >= 0.3 is 5.97 Å². The van der Waals surface area contributed by atoms with Gasteiger partial charge in [-0.2, -0.15) is 0 Å². The molecule has 0 amide bonds. The maximum absolute atomic E-state index is 11.4. The lowest BCUT2D eigenvalue weighted by Gasteiger charge is -2.46. The Labute approximate surface area is 191 Å². The second-order valence-electron chi connectivity index (χ2n) is 8.32. The van der Waals surface area contributed by atoms with Crippen LogP contribution in [-0.4, -0.2) is 93.8 Å². The smallest absolute Gasteiger partial charge is 0.335 e. The fraction of sp³-hybridized carbons (Fsp3) is 0.455. The van der Waals surface area contributed by atoms with E-state index in [2.05, 4.69) is 4.98 Å². The number of rotatable bonds is 8. The minimum atomic E-state index is -1.73. The Kier molecular flexibility index (Phi) is 7.84. The number of ether oxygens (including phenoxy) is 2. The largest absolute Gasteiger partial charge is 0.479 e. The lowest BCUT2D eigenvalue weighted by Crippen LogP contribution is -2.68. The Balaban J connectivity index is 1.73. The van der Waals surface area contributed by atoms with E-state index in [4.69, 9.17) is 21.1 Å². The van der Waals surface area contributed by atoms with E-state index >= 15 is 0 Å². The molecule has 174 valence electrons. The number of hydrogen-bond acceptors (Lipinski definition) is 7. The number of carbonyl (C=O) groups is 1. The van der Waals surface area contributed by atoms with Crippen molar-refractivity contribution in [1.29, 1.82) is 0 Å². The number of hydrogen-bond donors (Lipinski definition) is 4. The van der Waals surface area contributed by atoms with Gasteiger partial charge in [0.2, 0.25) is 6.23 Å². The first-order valence-electron chi connectivity index (χ1n) is 10.1. The van der Waals surface area contributed by atoms with Gasteiger partial charge in [-0.1, -0.05) is 29.8 Å². The lowest BCUT2D eigenvalue weighted by atomic mass is 9.97. The highest BCUT2D eigenvalue weighted by molar-refractivity contribution is 6.30. The van der Waals surface area contributed by atoms with Gasteiger partial charge in [0.25, 0.3) is 0 Å². The van der Waals surface area contributed by atoms with Crippen LogP contribution in [0, 0.1) is 0 Å². The van der Waals surface area contributed by atoms with E-state index in [-0.39, 0.29) is 11.1 Å². The van der Waals surface area contributed by atoms with E-state index in [1.807, 2.05) is 30.3 Å². The number of aliphatic carboxylic acids is 1. The first-order valence-corrected chi connectivity index (χ1v) is 10.5. The van der Waals surface area contributed by atoms with E-state index < -0.39 is 42.7 Å². The average molecular weight is 468 g/mol. The zero-order valence-electron chi connectivity index (χ0n) is 17.8. The molecule has 0 saturated carbocycles. The summed E-state index contributed by atoms with van der Waals surface area (Å²) in [6, 6.07) is 12.8. The molecule has 4 N–H and O–H groups in total. The third-order valence-corrected chi connectivity index (χ3v) is 5.85. The lowest BCUT2D eigenvalue weighted by molar-refractivity contribution is -0.944. The first-order chi connectivity index (χ1) is 15.1. The molecule has 0 bridgehead atoms. The molecule has 2 aromatic rings. The SMILES string of the molecule is C[N+](C)(CCOC(c1ccc(Cl)cc1)c1ccccn1)[C@@H]1OC(C(=O)O)[C@H](O)C(O)C1O. The van der Waals surface area contributed by atoms with Crippen LogP contribution in [0.5, 0.6) is 0 Å². The van der Waals surface area contributed by atoms with Crippen LogP contribution in [0.3, 0.4) is 0 Å². The summed E-state index contributed by atoms with van der Waals surface area (Å²) in [5, 5.41) is 40.4. The summed E-state index contributed by atoms with van der Waals surface area (Å²) in [4.78, 5) is 15.8. The third-order valence-electron chi connectivity index (χ3n) is 5.60. The zero-order valence-corrected chi connectivity index (χ0v) is 18.5. The number of aliphatic hydroxyl groups is 3. The molecule has 3 rings (SSSR count). The third kappa shape index (κ3) is 5.44. The van der Waals surface area contributed by atoms with Crippen molar-refractivity contribution in [2.75, 3.05) is 27.2 Å². The van der Waals surface area contributed by atoms with E-state index in [1.54, 1.807) is 32.4 Å². The Morgan fingerprint density at radius 3 is 2.41 bits per heavy atom. The second-order valence-corrected chi connectivity index (χ2v) is 8.75. The molecule has 1 aliphatic heterocycles. The summed E-state index contributed by atoms with van der Waals surface area (Å²) < 4.78 is 11.6. The van der Waals surface area contributed by atoms with E-state index in [1.165, 1.54) is 0 Å². The highest BCUT2D eigenvalue weighted by Gasteiger charge is 2.52. The van der Waals surface area contributed by atoms with Gasteiger partial charge in [-0.05, 0) is 29.8 Å². The highest BCUT2D eigenvalue weighted by Crippen LogP contribution is 2.28. The van der Waals surface area contributed by atoms with Gasteiger partial charge in [0.15, 0.2) is 12.2 Å². The second kappa shape index (κ2) is 10.2. The van der Waals surface area contributed by atoms with Crippen LogP contribution >= 0.6 is 11.6 Å². The molecule has 1 saturated heterocycles. The molecule has 2 heterocycles. The topological polar surface area (TPSA) is 129 Å². The summed E-state index contributed by atoms with van der Waals surface area (Å²) in [5.74, 6) is -1.41. The standard InChI is InChI=1S/C22H27ClN2O7/c1-25(2,21-18(28)16(26)17(27)20(32-21)22(29)30)11-12-31-19(15-5-3-4-10-24-15)13-6-8-14(23)9-7-13/h3-10,16-21,26-28H,11-12H2,1-2H3/p+1/t16?,17-,18?,19?,20?,21-/m1/s1. The fourth-order valence-electron chi connectivity index (χ4n) is 3.70. The molecule has 9 nitrogen and oxygen atoms in total. The Bertz CT molecular complexity index is 897. The van der Waals surface area contributed by atoms with Crippen LogP contribution in [0.25, 0.3) is 0 Å². The number of nitrogens with zero attached hydrogens (tertiary/aromatic N) is 2. The summed E-state index contributed by atoms with van der Waals surface area (Å²) in [7, 11) is 3.44. The number of aromatic nitrogens is 1.